The van der Waals surface area contributed by atoms with Gasteiger partial charge in [-0.2, -0.15) is 0 Å². The Balaban J connectivity index is 2.81. The van der Waals surface area contributed by atoms with Crippen LogP contribution >= 0.6 is 0 Å². The fourth-order valence-corrected chi connectivity index (χ4v) is 1.66. The summed E-state index contributed by atoms with van der Waals surface area (Å²) in [7, 11) is 0. The molecule has 0 unspecified atom stereocenters. The molecule has 20 heavy (non-hydrogen) atoms. The number of nitrogens with zero attached hydrogens (tertiary/aromatic N) is 1. The topological polar surface area (TPSA) is 73.6 Å². The van der Waals surface area contributed by atoms with E-state index in [0.717, 1.165) is 0 Å². The molecule has 6 nitrogen and oxygen atoms in total. The van der Waals surface area contributed by atoms with Crippen molar-refractivity contribution in [3.63, 3.8) is 0 Å². The first-order valence-corrected chi connectivity index (χ1v) is 6.72. The Hall–Kier alpha value is -1.82. The minimum absolute atomic E-state index is 0.120. The number of hydrogen-bond acceptors (Lipinski definition) is 5. The molecule has 1 aromatic rings. The average molecular weight is 282 g/mol. The first-order valence-electron chi connectivity index (χ1n) is 6.72. The molecule has 1 N–H and O–H groups in total. The molecule has 0 radical (unpaired) electrons. The summed E-state index contributed by atoms with van der Waals surface area (Å²) in [5, 5.41) is 14.4. The van der Waals surface area contributed by atoms with Crippen LogP contribution in [0.2, 0.25) is 0 Å². The standard InChI is InChI=1S/C14H22N2O4/c1-10(2)15-8-9-19-12-6-5-7-13(20-11(3)4)14(12)16(17)18/h5-7,10-11,15H,8-9H2,1-4H3. The second-order valence-electron chi connectivity index (χ2n) is 4.98. The first-order chi connectivity index (χ1) is 9.41. The average Bonchev–Trinajstić information content (AvgIpc) is 2.33. The molecular formula is C14H22N2O4. The molecule has 6 heteroatoms. The summed E-state index contributed by atoms with van der Waals surface area (Å²) in [6.45, 7) is 8.70. The molecule has 0 atom stereocenters. The number of hydrogen-bond donors (Lipinski definition) is 1. The Morgan fingerprint density at radius 2 is 1.90 bits per heavy atom. The molecule has 0 bridgehead atoms. The van der Waals surface area contributed by atoms with Crippen LogP contribution in [0.4, 0.5) is 5.69 Å². The summed E-state index contributed by atoms with van der Waals surface area (Å²) in [6.07, 6.45) is -0.133. The highest BCUT2D eigenvalue weighted by Gasteiger charge is 2.23. The molecule has 1 rings (SSSR count). The largest absolute Gasteiger partial charge is 0.485 e. The van der Waals surface area contributed by atoms with Gasteiger partial charge in [-0.1, -0.05) is 19.9 Å². The summed E-state index contributed by atoms with van der Waals surface area (Å²) >= 11 is 0. The van der Waals surface area contributed by atoms with Crippen LogP contribution in [-0.2, 0) is 0 Å². The monoisotopic (exact) mass is 282 g/mol. The highest BCUT2D eigenvalue weighted by molar-refractivity contribution is 5.57. The van der Waals surface area contributed by atoms with Crippen LogP contribution in [0.15, 0.2) is 18.2 Å². The van der Waals surface area contributed by atoms with Crippen LogP contribution in [0.3, 0.4) is 0 Å². The Bertz CT molecular complexity index is 447. The summed E-state index contributed by atoms with van der Waals surface area (Å²) < 4.78 is 10.9. The molecular weight excluding hydrogens is 260 g/mol. The fourth-order valence-electron chi connectivity index (χ4n) is 1.66. The van der Waals surface area contributed by atoms with Crippen molar-refractivity contribution in [1.29, 1.82) is 0 Å². The van der Waals surface area contributed by atoms with Crippen molar-refractivity contribution in [1.82, 2.24) is 5.32 Å². The number of benzene rings is 1. The van der Waals surface area contributed by atoms with Gasteiger partial charge in [0.1, 0.15) is 6.61 Å². The van der Waals surface area contributed by atoms with Gasteiger partial charge in [-0.15, -0.1) is 0 Å². The van der Waals surface area contributed by atoms with Crippen LogP contribution in [0.25, 0.3) is 0 Å². The number of nitro groups is 1. The van der Waals surface area contributed by atoms with Gasteiger partial charge in [-0.25, -0.2) is 0 Å². The van der Waals surface area contributed by atoms with Gasteiger partial charge in [0.2, 0.25) is 11.5 Å². The van der Waals surface area contributed by atoms with Crippen LogP contribution in [0.1, 0.15) is 27.7 Å². The molecule has 0 spiro atoms. The molecule has 0 aliphatic heterocycles. The van der Waals surface area contributed by atoms with Gasteiger partial charge in [0.25, 0.3) is 0 Å². The zero-order valence-corrected chi connectivity index (χ0v) is 12.4. The minimum atomic E-state index is -0.469. The van der Waals surface area contributed by atoms with Gasteiger partial charge in [-0.05, 0) is 26.0 Å². The Morgan fingerprint density at radius 1 is 1.25 bits per heavy atom. The SMILES string of the molecule is CC(C)NCCOc1cccc(OC(C)C)c1[N+](=O)[O-]. The quantitative estimate of drug-likeness (QED) is 0.451. The minimum Gasteiger partial charge on any atom is -0.485 e. The van der Waals surface area contributed by atoms with Crippen LogP contribution in [0.5, 0.6) is 11.5 Å². The highest BCUT2D eigenvalue weighted by Crippen LogP contribution is 2.36. The maximum absolute atomic E-state index is 11.2. The lowest BCUT2D eigenvalue weighted by molar-refractivity contribution is -0.387. The number of nitro benzene ring substituents is 1. The van der Waals surface area contributed by atoms with Crippen LogP contribution in [0, 0.1) is 10.1 Å². The normalized spacial score (nSPS) is 10.9. The van der Waals surface area contributed by atoms with Gasteiger partial charge in [0.05, 0.1) is 11.0 Å². The van der Waals surface area contributed by atoms with Gasteiger partial charge >= 0.3 is 5.69 Å². The van der Waals surface area contributed by atoms with Gasteiger partial charge in [0, 0.05) is 12.6 Å². The summed E-state index contributed by atoms with van der Waals surface area (Å²) in [4.78, 5) is 10.7. The van der Waals surface area contributed by atoms with Crippen molar-refractivity contribution in [3.05, 3.63) is 28.3 Å². The summed E-state index contributed by atoms with van der Waals surface area (Å²) in [5.41, 5.74) is -0.120. The molecule has 0 aliphatic rings. The van der Waals surface area contributed by atoms with Crippen molar-refractivity contribution >= 4 is 5.69 Å². The number of ether oxygens (including phenoxy) is 2. The van der Waals surface area contributed by atoms with E-state index in [1.807, 2.05) is 27.7 Å². The van der Waals surface area contributed by atoms with E-state index in [1.54, 1.807) is 18.2 Å². The van der Waals surface area contributed by atoms with Crippen molar-refractivity contribution in [2.45, 2.75) is 39.8 Å². The van der Waals surface area contributed by atoms with Gasteiger partial charge in [0.15, 0.2) is 0 Å². The lowest BCUT2D eigenvalue weighted by Crippen LogP contribution is -2.27. The maximum Gasteiger partial charge on any atom is 0.352 e. The van der Waals surface area contributed by atoms with Gasteiger partial charge in [-0.3, -0.25) is 10.1 Å². The van der Waals surface area contributed by atoms with E-state index in [0.29, 0.717) is 19.2 Å². The lowest BCUT2D eigenvalue weighted by atomic mass is 10.2. The molecule has 0 heterocycles. The van der Waals surface area contributed by atoms with E-state index in [1.165, 1.54) is 0 Å². The third kappa shape index (κ3) is 5.05. The van der Waals surface area contributed by atoms with Crippen molar-refractivity contribution in [2.75, 3.05) is 13.2 Å². The predicted molar refractivity (Wildman–Crippen MR) is 77.5 cm³/mol. The zero-order valence-electron chi connectivity index (χ0n) is 12.4. The third-order valence-electron chi connectivity index (χ3n) is 2.42. The molecule has 0 amide bonds. The molecule has 0 aromatic heterocycles. The molecule has 112 valence electrons. The summed E-state index contributed by atoms with van der Waals surface area (Å²) in [6, 6.07) is 5.21. The first kappa shape index (κ1) is 16.2. The second kappa shape index (κ2) is 7.69. The van der Waals surface area contributed by atoms with E-state index in [9.17, 15) is 10.1 Å². The van der Waals surface area contributed by atoms with Crippen molar-refractivity contribution < 1.29 is 14.4 Å². The summed E-state index contributed by atoms with van der Waals surface area (Å²) in [5.74, 6) is 0.470. The highest BCUT2D eigenvalue weighted by atomic mass is 16.6. The maximum atomic E-state index is 11.2. The van der Waals surface area contributed by atoms with Gasteiger partial charge < -0.3 is 14.8 Å². The molecule has 0 fully saturated rings. The van der Waals surface area contributed by atoms with E-state index in [4.69, 9.17) is 9.47 Å². The van der Waals surface area contributed by atoms with Crippen molar-refractivity contribution in [3.8, 4) is 11.5 Å². The van der Waals surface area contributed by atoms with Crippen LogP contribution < -0.4 is 14.8 Å². The lowest BCUT2D eigenvalue weighted by Gasteiger charge is -2.13. The molecule has 0 aliphatic carbocycles. The molecule has 1 aromatic carbocycles. The van der Waals surface area contributed by atoms with Crippen LogP contribution in [-0.4, -0.2) is 30.2 Å². The predicted octanol–water partition coefficient (Wildman–Crippen LogP) is 2.76. The number of para-hydroxylation sites is 1. The number of nitrogens with one attached hydrogen (secondary N) is 1. The van der Waals surface area contributed by atoms with E-state index < -0.39 is 4.92 Å². The fraction of sp³-hybridized carbons (Fsp3) is 0.571. The van der Waals surface area contributed by atoms with E-state index >= 15 is 0 Å². The third-order valence-corrected chi connectivity index (χ3v) is 2.42. The van der Waals surface area contributed by atoms with E-state index in [2.05, 4.69) is 5.32 Å². The Morgan fingerprint density at radius 3 is 2.45 bits per heavy atom. The second-order valence-corrected chi connectivity index (χ2v) is 4.98. The smallest absolute Gasteiger partial charge is 0.352 e. The van der Waals surface area contributed by atoms with E-state index in [-0.39, 0.29) is 23.3 Å². The van der Waals surface area contributed by atoms with Crippen molar-refractivity contribution in [2.24, 2.45) is 0 Å². The Kier molecular flexibility index (Phi) is 6.24. The Labute approximate surface area is 119 Å². The molecule has 0 saturated carbocycles. The number of rotatable bonds is 8. The molecule has 0 saturated heterocycles. The zero-order chi connectivity index (χ0) is 15.1.